The van der Waals surface area contributed by atoms with Gasteiger partial charge in [-0.2, -0.15) is 0 Å². The first-order valence-electron chi connectivity index (χ1n) is 8.11. The van der Waals surface area contributed by atoms with Crippen molar-refractivity contribution in [2.75, 3.05) is 6.61 Å². The zero-order valence-electron chi connectivity index (χ0n) is 14.7. The first-order chi connectivity index (χ1) is 11.8. The molecule has 0 fully saturated rings. The van der Waals surface area contributed by atoms with Crippen molar-refractivity contribution in [2.45, 2.75) is 32.4 Å². The molecule has 2 aromatic rings. The van der Waals surface area contributed by atoms with Gasteiger partial charge in [0.15, 0.2) is 6.04 Å². The predicted molar refractivity (Wildman–Crippen MR) is 96.1 cm³/mol. The van der Waals surface area contributed by atoms with E-state index in [0.717, 1.165) is 11.1 Å². The molecule has 0 aliphatic heterocycles. The van der Waals surface area contributed by atoms with Crippen molar-refractivity contribution in [2.24, 2.45) is 0 Å². The van der Waals surface area contributed by atoms with Crippen molar-refractivity contribution < 1.29 is 19.4 Å². The average Bonchev–Trinajstić information content (AvgIpc) is 2.58. The van der Waals surface area contributed by atoms with Gasteiger partial charge < -0.3 is 15.2 Å². The summed E-state index contributed by atoms with van der Waals surface area (Å²) in [7, 11) is 0. The molecule has 0 saturated heterocycles. The largest absolute Gasteiger partial charge is 0.458 e. The fraction of sp³-hybridized carbons (Fsp3) is 0.300. The monoisotopic (exact) mass is 341 g/mol. The number of carbonyl (C=O) groups is 2. The summed E-state index contributed by atoms with van der Waals surface area (Å²) < 4.78 is 5.23. The summed E-state index contributed by atoms with van der Waals surface area (Å²) in [5.74, 6) is -1.11. The number of hydrogen-bond acceptors (Lipinski definition) is 4. The Morgan fingerprint density at radius 2 is 1.64 bits per heavy atom. The second kappa shape index (κ2) is 7.94. The molecule has 1 amide bonds. The third-order valence-corrected chi connectivity index (χ3v) is 3.44. The fourth-order valence-corrected chi connectivity index (χ4v) is 2.34. The number of esters is 1. The summed E-state index contributed by atoms with van der Waals surface area (Å²) >= 11 is 0. The summed E-state index contributed by atoms with van der Waals surface area (Å²) in [5, 5.41) is 12.0. The Morgan fingerprint density at radius 3 is 2.24 bits per heavy atom. The van der Waals surface area contributed by atoms with Crippen LogP contribution in [-0.2, 0) is 9.53 Å². The van der Waals surface area contributed by atoms with Crippen molar-refractivity contribution in [3.05, 3.63) is 60.2 Å². The van der Waals surface area contributed by atoms with E-state index in [9.17, 15) is 14.7 Å². The normalized spacial score (nSPS) is 12.3. The number of aliphatic hydroxyl groups excluding tert-OH is 1. The lowest BCUT2D eigenvalue weighted by Crippen LogP contribution is -2.46. The zero-order chi connectivity index (χ0) is 18.4. The van der Waals surface area contributed by atoms with E-state index in [-0.39, 0.29) is 0 Å². The third kappa shape index (κ3) is 5.16. The molecule has 0 aliphatic carbocycles. The summed E-state index contributed by atoms with van der Waals surface area (Å²) in [6.45, 7) is 4.65. The van der Waals surface area contributed by atoms with Crippen LogP contribution >= 0.6 is 0 Å². The lowest BCUT2D eigenvalue weighted by Gasteiger charge is -2.23. The van der Waals surface area contributed by atoms with Crippen LogP contribution in [0.25, 0.3) is 11.1 Å². The maximum absolute atomic E-state index is 12.6. The van der Waals surface area contributed by atoms with E-state index in [1.54, 1.807) is 32.9 Å². The molecule has 1 atom stereocenters. The summed E-state index contributed by atoms with van der Waals surface area (Å²) in [6, 6.07) is 15.5. The second-order valence-electron chi connectivity index (χ2n) is 6.65. The molecule has 0 radical (unpaired) electrons. The molecule has 132 valence electrons. The van der Waals surface area contributed by atoms with Gasteiger partial charge in [-0.3, -0.25) is 4.79 Å². The number of ether oxygens (including phenoxy) is 1. The SMILES string of the molecule is CC(C)(C)OC(=O)[C@H](CO)NC(=O)c1ccccc1-c1ccccc1. The van der Waals surface area contributed by atoms with E-state index >= 15 is 0 Å². The van der Waals surface area contributed by atoms with Crippen LogP contribution in [0.4, 0.5) is 0 Å². The van der Waals surface area contributed by atoms with Crippen LogP contribution < -0.4 is 5.32 Å². The van der Waals surface area contributed by atoms with Crippen LogP contribution in [0.5, 0.6) is 0 Å². The molecular formula is C20H23NO4. The molecule has 2 aromatic carbocycles. The van der Waals surface area contributed by atoms with Gasteiger partial charge in [0.2, 0.25) is 0 Å². The molecule has 5 nitrogen and oxygen atoms in total. The Bertz CT molecular complexity index is 735. The molecule has 25 heavy (non-hydrogen) atoms. The third-order valence-electron chi connectivity index (χ3n) is 3.44. The Balaban J connectivity index is 2.22. The Hall–Kier alpha value is -2.66. The Morgan fingerprint density at radius 1 is 1.04 bits per heavy atom. The van der Waals surface area contributed by atoms with E-state index in [1.807, 2.05) is 42.5 Å². The van der Waals surface area contributed by atoms with Gasteiger partial charge in [-0.25, -0.2) is 4.79 Å². The van der Waals surface area contributed by atoms with Gasteiger partial charge in [-0.1, -0.05) is 48.5 Å². The van der Waals surface area contributed by atoms with Crippen LogP contribution in [-0.4, -0.2) is 35.2 Å². The van der Waals surface area contributed by atoms with Crippen molar-refractivity contribution in [3.8, 4) is 11.1 Å². The van der Waals surface area contributed by atoms with Gasteiger partial charge in [0, 0.05) is 5.56 Å². The minimum absolute atomic E-state index is 0.427. The van der Waals surface area contributed by atoms with Crippen molar-refractivity contribution in [3.63, 3.8) is 0 Å². The highest BCUT2D eigenvalue weighted by molar-refractivity contribution is 6.02. The molecule has 0 aromatic heterocycles. The number of hydrogen-bond donors (Lipinski definition) is 2. The smallest absolute Gasteiger partial charge is 0.331 e. The number of aliphatic hydroxyl groups is 1. The lowest BCUT2D eigenvalue weighted by atomic mass is 9.99. The molecule has 0 aliphatic rings. The van der Waals surface area contributed by atoms with Crippen molar-refractivity contribution >= 4 is 11.9 Å². The number of amides is 1. The van der Waals surface area contributed by atoms with Crippen LogP contribution in [0.15, 0.2) is 54.6 Å². The van der Waals surface area contributed by atoms with E-state index in [1.165, 1.54) is 0 Å². The standard InChI is InChI=1S/C20H23NO4/c1-20(2,3)25-19(24)17(13-22)21-18(23)16-12-8-7-11-15(16)14-9-5-4-6-10-14/h4-12,17,22H,13H2,1-3H3,(H,21,23)/t17-/m0/s1. The van der Waals surface area contributed by atoms with Crippen molar-refractivity contribution in [1.29, 1.82) is 0 Å². The van der Waals surface area contributed by atoms with E-state index < -0.39 is 30.1 Å². The van der Waals surface area contributed by atoms with Gasteiger partial charge in [0.1, 0.15) is 5.60 Å². The van der Waals surface area contributed by atoms with E-state index in [4.69, 9.17) is 4.74 Å². The lowest BCUT2D eigenvalue weighted by molar-refractivity contribution is -0.158. The van der Waals surface area contributed by atoms with Crippen LogP contribution in [0, 0.1) is 0 Å². The minimum Gasteiger partial charge on any atom is -0.458 e. The first kappa shape index (κ1) is 18.7. The second-order valence-corrected chi connectivity index (χ2v) is 6.65. The topological polar surface area (TPSA) is 75.6 Å². The van der Waals surface area contributed by atoms with Gasteiger partial charge in [0.25, 0.3) is 5.91 Å². The first-order valence-corrected chi connectivity index (χ1v) is 8.11. The predicted octanol–water partition coefficient (Wildman–Crippen LogP) is 2.79. The Kier molecular flexibility index (Phi) is 5.93. The number of rotatable bonds is 5. The number of benzene rings is 2. The summed E-state index contributed by atoms with van der Waals surface area (Å²) in [4.78, 5) is 24.8. The quantitative estimate of drug-likeness (QED) is 0.820. The van der Waals surface area contributed by atoms with Gasteiger partial charge >= 0.3 is 5.97 Å². The van der Waals surface area contributed by atoms with Gasteiger partial charge in [-0.15, -0.1) is 0 Å². The molecule has 0 saturated carbocycles. The molecule has 5 heteroatoms. The highest BCUT2D eigenvalue weighted by Gasteiger charge is 2.27. The van der Waals surface area contributed by atoms with E-state index in [2.05, 4.69) is 5.32 Å². The summed E-state index contributed by atoms with van der Waals surface area (Å²) in [6.07, 6.45) is 0. The van der Waals surface area contributed by atoms with Gasteiger partial charge in [-0.05, 0) is 38.0 Å². The fourth-order valence-electron chi connectivity index (χ4n) is 2.34. The number of carbonyl (C=O) groups excluding carboxylic acids is 2. The summed E-state index contributed by atoms with van der Waals surface area (Å²) in [5.41, 5.74) is 1.38. The zero-order valence-corrected chi connectivity index (χ0v) is 14.7. The van der Waals surface area contributed by atoms with Crippen molar-refractivity contribution in [1.82, 2.24) is 5.32 Å². The van der Waals surface area contributed by atoms with E-state index in [0.29, 0.717) is 5.56 Å². The molecule has 0 unspecified atom stereocenters. The van der Waals surface area contributed by atoms with Crippen LogP contribution in [0.3, 0.4) is 0 Å². The molecule has 2 rings (SSSR count). The van der Waals surface area contributed by atoms with Crippen LogP contribution in [0.2, 0.25) is 0 Å². The highest BCUT2D eigenvalue weighted by atomic mass is 16.6. The molecule has 0 bridgehead atoms. The molecule has 2 N–H and O–H groups in total. The van der Waals surface area contributed by atoms with Crippen LogP contribution in [0.1, 0.15) is 31.1 Å². The molecular weight excluding hydrogens is 318 g/mol. The maximum Gasteiger partial charge on any atom is 0.331 e. The highest BCUT2D eigenvalue weighted by Crippen LogP contribution is 2.23. The Labute approximate surface area is 147 Å². The minimum atomic E-state index is -1.12. The number of nitrogens with one attached hydrogen (secondary N) is 1. The maximum atomic E-state index is 12.6. The molecule has 0 spiro atoms. The average molecular weight is 341 g/mol. The van der Waals surface area contributed by atoms with Gasteiger partial charge in [0.05, 0.1) is 6.61 Å². The molecule has 0 heterocycles.